The highest BCUT2D eigenvalue weighted by Gasteiger charge is 2.33. The molecule has 2 aliphatic rings. The van der Waals surface area contributed by atoms with E-state index >= 15 is 0 Å². The van der Waals surface area contributed by atoms with Crippen LogP contribution in [0.4, 0.5) is 0 Å². The highest BCUT2D eigenvalue weighted by atomic mass is 16.1. The molecule has 0 amide bonds. The molecule has 0 bridgehead atoms. The number of fused-ring (bicyclic) bond motifs is 1. The summed E-state index contributed by atoms with van der Waals surface area (Å²) in [5.41, 5.74) is 3.02. The molecular formula is C16H21NO. The molecule has 0 radical (unpaired) electrons. The van der Waals surface area contributed by atoms with Gasteiger partial charge in [0.15, 0.2) is 0 Å². The van der Waals surface area contributed by atoms with Gasteiger partial charge in [-0.3, -0.25) is 9.69 Å². The van der Waals surface area contributed by atoms with Crippen molar-refractivity contribution >= 4 is 5.78 Å². The Balaban J connectivity index is 1.88. The smallest absolute Gasteiger partial charge is 0.132 e. The zero-order valence-electron chi connectivity index (χ0n) is 11.1. The van der Waals surface area contributed by atoms with Crippen LogP contribution in [0.3, 0.4) is 0 Å². The molecule has 1 atom stereocenters. The summed E-state index contributed by atoms with van der Waals surface area (Å²) in [4.78, 5) is 13.9. The van der Waals surface area contributed by atoms with Gasteiger partial charge in [0.2, 0.25) is 0 Å². The minimum absolute atomic E-state index is 0.456. The van der Waals surface area contributed by atoms with Gasteiger partial charge in [0, 0.05) is 25.4 Å². The van der Waals surface area contributed by atoms with E-state index in [-0.39, 0.29) is 0 Å². The summed E-state index contributed by atoms with van der Waals surface area (Å²) in [6, 6.07) is 9.38. The first kappa shape index (κ1) is 11.9. The van der Waals surface area contributed by atoms with Crippen molar-refractivity contribution in [2.24, 2.45) is 5.92 Å². The molecule has 18 heavy (non-hydrogen) atoms. The van der Waals surface area contributed by atoms with E-state index in [9.17, 15) is 4.79 Å². The number of nitrogens with zero attached hydrogens (tertiary/aromatic N) is 1. The van der Waals surface area contributed by atoms with E-state index in [2.05, 4.69) is 36.2 Å². The second kappa shape index (κ2) is 4.85. The maximum Gasteiger partial charge on any atom is 0.132 e. The van der Waals surface area contributed by atoms with Crippen LogP contribution < -0.4 is 0 Å². The Morgan fingerprint density at radius 3 is 2.61 bits per heavy atom. The summed E-state index contributed by atoms with van der Waals surface area (Å²) in [5, 5.41) is 0. The van der Waals surface area contributed by atoms with Gasteiger partial charge in [0.1, 0.15) is 5.78 Å². The maximum atomic E-state index is 11.4. The zero-order valence-corrected chi connectivity index (χ0v) is 11.1. The van der Waals surface area contributed by atoms with Crippen molar-refractivity contribution in [1.29, 1.82) is 0 Å². The topological polar surface area (TPSA) is 20.3 Å². The number of likely N-dealkylation sites (N-methyl/N-ethyl adjacent to an activating group) is 1. The van der Waals surface area contributed by atoms with Crippen LogP contribution in [-0.2, 0) is 11.2 Å². The number of benzene rings is 1. The minimum atomic E-state index is 0.456. The molecule has 0 N–H and O–H groups in total. The fourth-order valence-electron chi connectivity index (χ4n) is 3.62. The monoisotopic (exact) mass is 243 g/mol. The second-order valence-electron chi connectivity index (χ2n) is 5.75. The Labute approximate surface area is 109 Å². The molecule has 3 rings (SSSR count). The summed E-state index contributed by atoms with van der Waals surface area (Å²) in [7, 11) is 2.23. The first-order chi connectivity index (χ1) is 8.75. The van der Waals surface area contributed by atoms with Crippen LogP contribution in [0.1, 0.15) is 42.9 Å². The number of hydrogen-bond acceptors (Lipinski definition) is 2. The van der Waals surface area contributed by atoms with Crippen molar-refractivity contribution in [3.63, 3.8) is 0 Å². The molecule has 0 saturated heterocycles. The first-order valence-corrected chi connectivity index (χ1v) is 7.05. The highest BCUT2D eigenvalue weighted by molar-refractivity contribution is 5.79. The fraction of sp³-hybridized carbons (Fsp3) is 0.562. The van der Waals surface area contributed by atoms with Gasteiger partial charge in [-0.05, 0) is 43.4 Å². The van der Waals surface area contributed by atoms with Gasteiger partial charge in [-0.1, -0.05) is 24.3 Å². The summed E-state index contributed by atoms with van der Waals surface area (Å²) in [5.74, 6) is 1.12. The third kappa shape index (κ3) is 2.10. The van der Waals surface area contributed by atoms with Crippen LogP contribution in [0, 0.1) is 5.92 Å². The van der Waals surface area contributed by atoms with Crippen LogP contribution in [0.2, 0.25) is 0 Å². The molecule has 0 spiro atoms. The summed E-state index contributed by atoms with van der Waals surface area (Å²) in [6.45, 7) is 1.14. The molecular weight excluding hydrogens is 222 g/mol. The van der Waals surface area contributed by atoms with Crippen LogP contribution in [0.5, 0.6) is 0 Å². The Hall–Kier alpha value is -1.15. The van der Waals surface area contributed by atoms with Crippen LogP contribution in [0.15, 0.2) is 24.3 Å². The maximum absolute atomic E-state index is 11.4. The van der Waals surface area contributed by atoms with Crippen LogP contribution >= 0.6 is 0 Å². The Kier molecular flexibility index (Phi) is 3.21. The number of carbonyl (C=O) groups excluding carboxylic acids is 1. The van der Waals surface area contributed by atoms with E-state index in [4.69, 9.17) is 0 Å². The molecule has 1 aromatic rings. The normalized spacial score (nSPS) is 26.1. The molecule has 1 aromatic carbocycles. The molecule has 1 aliphatic heterocycles. The van der Waals surface area contributed by atoms with Gasteiger partial charge >= 0.3 is 0 Å². The molecule has 0 aromatic heterocycles. The average molecular weight is 243 g/mol. The van der Waals surface area contributed by atoms with Crippen molar-refractivity contribution < 1.29 is 4.79 Å². The number of ketones is 1. The van der Waals surface area contributed by atoms with E-state index in [0.29, 0.717) is 17.7 Å². The van der Waals surface area contributed by atoms with Gasteiger partial charge in [-0.2, -0.15) is 0 Å². The summed E-state index contributed by atoms with van der Waals surface area (Å²) >= 11 is 0. The van der Waals surface area contributed by atoms with Crippen molar-refractivity contribution in [2.45, 2.75) is 38.1 Å². The molecule has 1 unspecified atom stereocenters. The average Bonchev–Trinajstić information content (AvgIpc) is 2.40. The zero-order chi connectivity index (χ0) is 12.5. The number of hydrogen-bond donors (Lipinski definition) is 0. The molecule has 1 aliphatic carbocycles. The largest absolute Gasteiger partial charge is 0.300 e. The highest BCUT2D eigenvalue weighted by Crippen LogP contribution is 2.40. The van der Waals surface area contributed by atoms with E-state index in [1.807, 2.05) is 0 Å². The van der Waals surface area contributed by atoms with E-state index < -0.39 is 0 Å². The first-order valence-electron chi connectivity index (χ1n) is 7.05. The van der Waals surface area contributed by atoms with Crippen molar-refractivity contribution in [3.05, 3.63) is 35.4 Å². The Morgan fingerprint density at radius 1 is 1.11 bits per heavy atom. The molecule has 2 nitrogen and oxygen atoms in total. The van der Waals surface area contributed by atoms with Crippen LogP contribution in [0.25, 0.3) is 0 Å². The molecule has 2 heteroatoms. The van der Waals surface area contributed by atoms with E-state index in [0.717, 1.165) is 38.6 Å². The minimum Gasteiger partial charge on any atom is -0.300 e. The van der Waals surface area contributed by atoms with E-state index in [1.54, 1.807) is 0 Å². The Bertz CT molecular complexity index is 444. The SMILES string of the molecule is CN1CCc2ccccc2C1C1CCC(=O)CC1. The summed E-state index contributed by atoms with van der Waals surface area (Å²) in [6.07, 6.45) is 4.88. The predicted molar refractivity (Wildman–Crippen MR) is 72.5 cm³/mol. The number of rotatable bonds is 1. The lowest BCUT2D eigenvalue weighted by molar-refractivity contribution is -0.121. The van der Waals surface area contributed by atoms with Crippen molar-refractivity contribution in [3.8, 4) is 0 Å². The Morgan fingerprint density at radius 2 is 1.83 bits per heavy atom. The lowest BCUT2D eigenvalue weighted by atomic mass is 9.77. The molecule has 1 fully saturated rings. The third-order valence-electron chi connectivity index (χ3n) is 4.62. The molecule has 1 saturated carbocycles. The third-order valence-corrected chi connectivity index (χ3v) is 4.62. The number of carbonyl (C=O) groups is 1. The summed E-state index contributed by atoms with van der Waals surface area (Å²) < 4.78 is 0. The van der Waals surface area contributed by atoms with Crippen molar-refractivity contribution in [2.75, 3.05) is 13.6 Å². The fourth-order valence-corrected chi connectivity index (χ4v) is 3.62. The molecule has 1 heterocycles. The molecule has 96 valence electrons. The quantitative estimate of drug-likeness (QED) is 0.756. The lowest BCUT2D eigenvalue weighted by Crippen LogP contribution is -2.38. The van der Waals surface area contributed by atoms with Crippen LogP contribution in [-0.4, -0.2) is 24.3 Å². The van der Waals surface area contributed by atoms with Gasteiger partial charge in [-0.25, -0.2) is 0 Å². The van der Waals surface area contributed by atoms with E-state index in [1.165, 1.54) is 11.1 Å². The second-order valence-corrected chi connectivity index (χ2v) is 5.75. The standard InChI is InChI=1S/C16H21NO/c1-17-11-10-12-4-2-3-5-15(12)16(17)13-6-8-14(18)9-7-13/h2-5,13,16H,6-11H2,1H3. The van der Waals surface area contributed by atoms with Crippen molar-refractivity contribution in [1.82, 2.24) is 4.90 Å². The predicted octanol–water partition coefficient (Wildman–Crippen LogP) is 2.97. The van der Waals surface area contributed by atoms with Gasteiger partial charge < -0.3 is 0 Å². The lowest BCUT2D eigenvalue weighted by Gasteiger charge is -2.41. The number of Topliss-reactive ketones (excluding diaryl/α,β-unsaturated/α-hetero) is 1. The van der Waals surface area contributed by atoms with Gasteiger partial charge in [0.25, 0.3) is 0 Å². The van der Waals surface area contributed by atoms with Gasteiger partial charge in [-0.15, -0.1) is 0 Å². The van der Waals surface area contributed by atoms with Gasteiger partial charge in [0.05, 0.1) is 0 Å².